The molecule has 250 valence electrons. The van der Waals surface area contributed by atoms with Crippen molar-refractivity contribution in [3.63, 3.8) is 0 Å². The summed E-state index contributed by atoms with van der Waals surface area (Å²) in [4.78, 5) is 40.0. The molecule has 2 aliphatic rings. The number of carbonyl (C=O) groups excluding carboxylic acids is 2. The molecule has 0 spiro atoms. The van der Waals surface area contributed by atoms with Crippen LogP contribution in [-0.2, 0) is 4.74 Å². The number of hydrogen-bond donors (Lipinski definition) is 1. The maximum absolute atomic E-state index is 13.7. The summed E-state index contributed by atoms with van der Waals surface area (Å²) in [6.07, 6.45) is 10.0. The first kappa shape index (κ1) is 31.4. The van der Waals surface area contributed by atoms with Gasteiger partial charge in [-0.15, -0.1) is 0 Å². The molecule has 0 atom stereocenters. The lowest BCUT2D eigenvalue weighted by Gasteiger charge is -2.32. The summed E-state index contributed by atoms with van der Waals surface area (Å²) >= 11 is 0. The van der Waals surface area contributed by atoms with Crippen LogP contribution in [0.4, 0.5) is 10.5 Å². The number of rotatable bonds is 7. The van der Waals surface area contributed by atoms with Gasteiger partial charge in [-0.05, 0) is 58.8 Å². The zero-order chi connectivity index (χ0) is 33.4. The largest absolute Gasteiger partial charge is 0.494 e. The van der Waals surface area contributed by atoms with Crippen molar-refractivity contribution in [1.29, 1.82) is 0 Å². The number of ether oxygens (including phenoxy) is 3. The minimum atomic E-state index is -0.666. The van der Waals surface area contributed by atoms with Crippen molar-refractivity contribution < 1.29 is 23.8 Å². The molecule has 14 heteroatoms. The lowest BCUT2D eigenvalue weighted by atomic mass is 10.1. The van der Waals surface area contributed by atoms with Gasteiger partial charge in [0.2, 0.25) is 0 Å². The highest BCUT2D eigenvalue weighted by molar-refractivity contribution is 6.06. The Morgan fingerprint density at radius 3 is 2.65 bits per heavy atom. The molecule has 7 rings (SSSR count). The van der Waals surface area contributed by atoms with Crippen LogP contribution in [0, 0.1) is 0 Å². The van der Waals surface area contributed by atoms with Crippen molar-refractivity contribution in [1.82, 2.24) is 39.6 Å². The molecule has 1 N–H and O–H groups in total. The van der Waals surface area contributed by atoms with E-state index in [0.717, 1.165) is 25.2 Å². The van der Waals surface area contributed by atoms with Crippen molar-refractivity contribution in [3.8, 4) is 28.4 Å². The molecule has 6 heterocycles. The highest BCUT2D eigenvalue weighted by Crippen LogP contribution is 2.41. The number of carbonyl (C=O) groups is 2. The van der Waals surface area contributed by atoms with E-state index in [1.165, 1.54) is 19.3 Å². The fourth-order valence-corrected chi connectivity index (χ4v) is 6.18. The zero-order valence-corrected chi connectivity index (χ0v) is 27.6. The number of piperidine rings is 1. The van der Waals surface area contributed by atoms with Gasteiger partial charge < -0.3 is 24.4 Å². The number of likely N-dealkylation sites (tertiary alicyclic amines) is 1. The van der Waals surface area contributed by atoms with Gasteiger partial charge in [-0.1, -0.05) is 6.42 Å². The Hall–Kier alpha value is -5.24. The molecule has 0 unspecified atom stereocenters. The second-order valence-corrected chi connectivity index (χ2v) is 12.9. The van der Waals surface area contributed by atoms with Crippen LogP contribution >= 0.6 is 0 Å². The molecule has 0 bridgehead atoms. The van der Waals surface area contributed by atoms with E-state index in [-0.39, 0.29) is 18.2 Å². The maximum Gasteiger partial charge on any atom is 0.415 e. The van der Waals surface area contributed by atoms with E-state index < -0.39 is 11.7 Å². The van der Waals surface area contributed by atoms with Crippen LogP contribution in [0.1, 0.15) is 50.5 Å². The summed E-state index contributed by atoms with van der Waals surface area (Å²) in [5.41, 5.74) is 3.21. The molecular formula is C34H39N9O5. The van der Waals surface area contributed by atoms with E-state index in [0.29, 0.717) is 58.2 Å². The molecule has 48 heavy (non-hydrogen) atoms. The molecule has 2 aliphatic heterocycles. The van der Waals surface area contributed by atoms with Gasteiger partial charge >= 0.3 is 6.09 Å². The standard InChI is InChI=1S/C34H39N9O5/c1-34(2,3)48-33(45)41-15-16-47-29-19-27(28(46-4)18-26(29)41)43-25-17-24(22-21-38-42-13-8-9-35-31(22)42)37-20-23(25)30(39-43)32(44)36-10-14-40-11-6-5-7-12-40/h8-9,13,17-21H,5-7,10-12,14-16H2,1-4H3,(H,36,44). The van der Waals surface area contributed by atoms with E-state index in [1.807, 2.05) is 33.0 Å². The maximum atomic E-state index is 13.7. The van der Waals surface area contributed by atoms with Crippen LogP contribution in [-0.4, -0.2) is 98.3 Å². The number of anilines is 1. The molecule has 2 amide bonds. The third-order valence-corrected chi connectivity index (χ3v) is 8.46. The Kier molecular flexibility index (Phi) is 8.33. The summed E-state index contributed by atoms with van der Waals surface area (Å²) in [5.74, 6) is 0.581. The Bertz CT molecular complexity index is 1990. The SMILES string of the molecule is COc1cc2c(cc1-n1nc(C(=O)NCCN3CCCCC3)c3cnc(-c4cnn5cccnc45)cc31)OCCN2C(=O)OC(C)(C)C. The average molecular weight is 654 g/mol. The van der Waals surface area contributed by atoms with E-state index >= 15 is 0 Å². The van der Waals surface area contributed by atoms with Crippen molar-refractivity contribution >= 4 is 34.2 Å². The third kappa shape index (κ3) is 6.10. The minimum Gasteiger partial charge on any atom is -0.494 e. The van der Waals surface area contributed by atoms with Crippen LogP contribution in [0.5, 0.6) is 11.5 Å². The second-order valence-electron chi connectivity index (χ2n) is 12.9. The van der Waals surface area contributed by atoms with Crippen LogP contribution in [0.2, 0.25) is 0 Å². The topological polar surface area (TPSA) is 141 Å². The Balaban J connectivity index is 1.31. The molecule has 14 nitrogen and oxygen atoms in total. The number of amides is 2. The first-order valence-electron chi connectivity index (χ1n) is 16.2. The van der Waals surface area contributed by atoms with E-state index in [9.17, 15) is 9.59 Å². The van der Waals surface area contributed by atoms with Gasteiger partial charge in [-0.2, -0.15) is 10.2 Å². The van der Waals surface area contributed by atoms with Crippen LogP contribution in [0.25, 0.3) is 33.5 Å². The normalized spacial score (nSPS) is 15.3. The van der Waals surface area contributed by atoms with E-state index in [2.05, 4.69) is 20.3 Å². The molecule has 1 fully saturated rings. The van der Waals surface area contributed by atoms with Gasteiger partial charge in [0.25, 0.3) is 5.91 Å². The number of fused-ring (bicyclic) bond motifs is 3. The Labute approximate surface area is 277 Å². The number of aromatic nitrogens is 6. The van der Waals surface area contributed by atoms with Gasteiger partial charge in [0.05, 0.1) is 47.7 Å². The Morgan fingerprint density at radius 1 is 1.02 bits per heavy atom. The number of hydrogen-bond acceptors (Lipinski definition) is 10. The predicted molar refractivity (Wildman–Crippen MR) is 179 cm³/mol. The summed E-state index contributed by atoms with van der Waals surface area (Å²) < 4.78 is 20.9. The van der Waals surface area contributed by atoms with Crippen LogP contribution in [0.15, 0.2) is 49.1 Å². The van der Waals surface area contributed by atoms with Crippen LogP contribution in [0.3, 0.4) is 0 Å². The molecule has 1 saturated heterocycles. The number of pyridine rings is 1. The summed E-state index contributed by atoms with van der Waals surface area (Å²) in [6, 6.07) is 7.17. The highest BCUT2D eigenvalue weighted by atomic mass is 16.6. The van der Waals surface area contributed by atoms with Crippen molar-refractivity contribution in [2.75, 3.05) is 51.3 Å². The van der Waals surface area contributed by atoms with Crippen LogP contribution < -0.4 is 19.7 Å². The molecule has 5 aromatic rings. The number of methoxy groups -OCH3 is 1. The average Bonchev–Trinajstić information content (AvgIpc) is 3.69. The van der Waals surface area contributed by atoms with Crippen molar-refractivity contribution in [2.45, 2.75) is 45.6 Å². The van der Waals surface area contributed by atoms with Gasteiger partial charge in [0, 0.05) is 43.8 Å². The van der Waals surface area contributed by atoms with E-state index in [1.54, 1.807) is 58.0 Å². The van der Waals surface area contributed by atoms with E-state index in [4.69, 9.17) is 24.3 Å². The van der Waals surface area contributed by atoms with Gasteiger partial charge in [0.15, 0.2) is 11.3 Å². The molecular weight excluding hydrogens is 614 g/mol. The number of nitrogens with one attached hydrogen (secondary N) is 1. The van der Waals surface area contributed by atoms with Crippen molar-refractivity contribution in [3.05, 3.63) is 54.7 Å². The minimum absolute atomic E-state index is 0.233. The first-order chi connectivity index (χ1) is 23.2. The zero-order valence-electron chi connectivity index (χ0n) is 27.6. The lowest BCUT2D eigenvalue weighted by Crippen LogP contribution is -2.41. The summed E-state index contributed by atoms with van der Waals surface area (Å²) in [7, 11) is 1.55. The molecule has 0 saturated carbocycles. The van der Waals surface area contributed by atoms with Gasteiger partial charge in [-0.3, -0.25) is 14.7 Å². The monoisotopic (exact) mass is 653 g/mol. The quantitative estimate of drug-likeness (QED) is 0.267. The molecule has 4 aromatic heterocycles. The second kappa shape index (κ2) is 12.8. The smallest absolute Gasteiger partial charge is 0.415 e. The molecule has 0 radical (unpaired) electrons. The molecule has 1 aromatic carbocycles. The molecule has 0 aliphatic carbocycles. The fourth-order valence-electron chi connectivity index (χ4n) is 6.18. The number of nitrogens with zero attached hydrogens (tertiary/aromatic N) is 8. The third-order valence-electron chi connectivity index (χ3n) is 8.46. The van der Waals surface area contributed by atoms with Gasteiger partial charge in [-0.25, -0.2) is 19.0 Å². The summed E-state index contributed by atoms with van der Waals surface area (Å²) in [5, 5.41) is 12.9. The first-order valence-corrected chi connectivity index (χ1v) is 16.2. The van der Waals surface area contributed by atoms with Gasteiger partial charge in [0.1, 0.15) is 29.4 Å². The Morgan fingerprint density at radius 2 is 1.85 bits per heavy atom. The highest BCUT2D eigenvalue weighted by Gasteiger charge is 2.31. The predicted octanol–water partition coefficient (Wildman–Crippen LogP) is 4.49. The lowest BCUT2D eigenvalue weighted by molar-refractivity contribution is 0.0567. The summed E-state index contributed by atoms with van der Waals surface area (Å²) in [6.45, 7) is 9.44. The number of benzene rings is 1. The fraction of sp³-hybridized carbons (Fsp3) is 0.412. The van der Waals surface area contributed by atoms with Crippen molar-refractivity contribution in [2.24, 2.45) is 0 Å².